The molecule has 86 valence electrons. The second kappa shape index (κ2) is 4.85. The van der Waals surface area contributed by atoms with E-state index in [-0.39, 0.29) is 11.9 Å². The third-order valence-corrected chi connectivity index (χ3v) is 3.18. The van der Waals surface area contributed by atoms with E-state index in [2.05, 4.69) is 0 Å². The number of hydrogen-bond donors (Lipinski definition) is 1. The van der Waals surface area contributed by atoms with Gasteiger partial charge in [0.2, 0.25) is 0 Å². The quantitative estimate of drug-likeness (QED) is 0.812. The van der Waals surface area contributed by atoms with Gasteiger partial charge in [0.1, 0.15) is 0 Å². The average Bonchev–Trinajstić information content (AvgIpc) is 2.29. The van der Waals surface area contributed by atoms with Crippen molar-refractivity contribution in [3.8, 4) is 0 Å². The Hall–Kier alpha value is -1.06. The van der Waals surface area contributed by atoms with Crippen molar-refractivity contribution in [3.05, 3.63) is 34.9 Å². The molecule has 0 spiro atoms. The monoisotopic (exact) mass is 238 g/mol. The molecule has 1 amide bonds. The molecular formula is C12H15ClN2O. The van der Waals surface area contributed by atoms with Crippen LogP contribution in [-0.4, -0.2) is 29.9 Å². The fourth-order valence-electron chi connectivity index (χ4n) is 2.00. The molecule has 2 rings (SSSR count). The van der Waals surface area contributed by atoms with Gasteiger partial charge in [-0.25, -0.2) is 0 Å². The number of nitrogens with zero attached hydrogens (tertiary/aromatic N) is 1. The Morgan fingerprint density at radius 3 is 2.88 bits per heavy atom. The van der Waals surface area contributed by atoms with Gasteiger partial charge in [-0.1, -0.05) is 23.7 Å². The second-order valence-corrected chi connectivity index (χ2v) is 4.54. The van der Waals surface area contributed by atoms with E-state index in [0.717, 1.165) is 19.4 Å². The highest BCUT2D eigenvalue weighted by Gasteiger charge is 2.23. The fourth-order valence-corrected chi connectivity index (χ4v) is 2.22. The maximum Gasteiger partial charge on any atom is 0.255 e. The Bertz CT molecular complexity index is 394. The van der Waals surface area contributed by atoms with Gasteiger partial charge in [-0.3, -0.25) is 4.79 Å². The van der Waals surface area contributed by atoms with E-state index in [4.69, 9.17) is 17.3 Å². The molecule has 0 unspecified atom stereocenters. The van der Waals surface area contributed by atoms with Crippen LogP contribution in [0.15, 0.2) is 24.3 Å². The average molecular weight is 239 g/mol. The predicted octanol–water partition coefficient (Wildman–Crippen LogP) is 1.90. The highest BCUT2D eigenvalue weighted by molar-refractivity contribution is 6.33. The molecule has 1 aromatic carbocycles. The lowest BCUT2D eigenvalue weighted by atomic mass is 10.1. The zero-order valence-corrected chi connectivity index (χ0v) is 9.78. The van der Waals surface area contributed by atoms with Crippen molar-refractivity contribution in [1.29, 1.82) is 0 Å². The van der Waals surface area contributed by atoms with Gasteiger partial charge >= 0.3 is 0 Å². The second-order valence-electron chi connectivity index (χ2n) is 4.13. The zero-order valence-electron chi connectivity index (χ0n) is 9.03. The molecule has 1 aliphatic heterocycles. The van der Waals surface area contributed by atoms with Crippen LogP contribution < -0.4 is 5.73 Å². The number of carbonyl (C=O) groups is 1. The summed E-state index contributed by atoms with van der Waals surface area (Å²) in [7, 11) is 0. The number of benzene rings is 1. The van der Waals surface area contributed by atoms with Crippen LogP contribution in [0.3, 0.4) is 0 Å². The summed E-state index contributed by atoms with van der Waals surface area (Å²) in [6, 6.07) is 7.23. The number of amides is 1. The first-order valence-corrected chi connectivity index (χ1v) is 5.85. The Morgan fingerprint density at radius 2 is 2.19 bits per heavy atom. The minimum atomic E-state index is -0.0132. The minimum Gasteiger partial charge on any atom is -0.337 e. The smallest absolute Gasteiger partial charge is 0.255 e. The lowest BCUT2D eigenvalue weighted by Gasteiger charge is -2.31. The largest absolute Gasteiger partial charge is 0.337 e. The maximum absolute atomic E-state index is 12.2. The Balaban J connectivity index is 2.16. The van der Waals surface area contributed by atoms with E-state index in [1.54, 1.807) is 17.0 Å². The summed E-state index contributed by atoms with van der Waals surface area (Å²) in [6.45, 7) is 1.40. The van der Waals surface area contributed by atoms with E-state index >= 15 is 0 Å². The van der Waals surface area contributed by atoms with Crippen LogP contribution in [0.25, 0.3) is 0 Å². The van der Waals surface area contributed by atoms with Crippen LogP contribution in [-0.2, 0) is 0 Å². The van der Waals surface area contributed by atoms with Gasteiger partial charge in [0.25, 0.3) is 5.91 Å². The van der Waals surface area contributed by atoms with Crippen molar-refractivity contribution in [2.75, 3.05) is 13.1 Å². The molecule has 1 atom stereocenters. The van der Waals surface area contributed by atoms with Gasteiger partial charge in [-0.05, 0) is 25.0 Å². The number of rotatable bonds is 1. The maximum atomic E-state index is 12.2. The van der Waals surface area contributed by atoms with E-state index < -0.39 is 0 Å². The molecule has 0 radical (unpaired) electrons. The molecule has 16 heavy (non-hydrogen) atoms. The van der Waals surface area contributed by atoms with Crippen molar-refractivity contribution < 1.29 is 4.79 Å². The van der Waals surface area contributed by atoms with Gasteiger partial charge in [-0.2, -0.15) is 0 Å². The van der Waals surface area contributed by atoms with Crippen LogP contribution in [0, 0.1) is 0 Å². The zero-order chi connectivity index (χ0) is 11.5. The molecule has 1 aromatic rings. The molecule has 3 nitrogen and oxygen atoms in total. The van der Waals surface area contributed by atoms with Crippen LogP contribution in [0.5, 0.6) is 0 Å². The lowest BCUT2D eigenvalue weighted by molar-refractivity contribution is 0.0709. The van der Waals surface area contributed by atoms with Crippen molar-refractivity contribution in [2.24, 2.45) is 5.73 Å². The molecule has 0 saturated carbocycles. The molecule has 1 aliphatic rings. The minimum absolute atomic E-state index is 0.0132. The van der Waals surface area contributed by atoms with E-state index in [1.807, 2.05) is 12.1 Å². The van der Waals surface area contributed by atoms with Crippen LogP contribution >= 0.6 is 11.6 Å². The third kappa shape index (κ3) is 2.36. The standard InChI is InChI=1S/C12H15ClN2O/c13-11-6-2-1-5-10(11)12(16)15-7-3-4-9(14)8-15/h1-2,5-6,9H,3-4,7-8,14H2/t9-/m1/s1. The highest BCUT2D eigenvalue weighted by Crippen LogP contribution is 2.19. The third-order valence-electron chi connectivity index (χ3n) is 2.85. The number of halogens is 1. The molecule has 1 fully saturated rings. The predicted molar refractivity (Wildman–Crippen MR) is 64.6 cm³/mol. The van der Waals surface area contributed by atoms with Gasteiger partial charge in [0.15, 0.2) is 0 Å². The van der Waals surface area contributed by atoms with Gasteiger partial charge < -0.3 is 10.6 Å². The molecule has 1 saturated heterocycles. The van der Waals surface area contributed by atoms with Gasteiger partial charge in [0, 0.05) is 19.1 Å². The fraction of sp³-hybridized carbons (Fsp3) is 0.417. The van der Waals surface area contributed by atoms with Gasteiger partial charge in [0.05, 0.1) is 10.6 Å². The number of piperidine rings is 1. The van der Waals surface area contributed by atoms with E-state index in [9.17, 15) is 4.79 Å². The molecule has 0 bridgehead atoms. The summed E-state index contributed by atoms with van der Waals surface area (Å²) < 4.78 is 0. The summed E-state index contributed by atoms with van der Waals surface area (Å²) in [6.07, 6.45) is 1.96. The summed E-state index contributed by atoms with van der Waals surface area (Å²) >= 11 is 6.00. The molecule has 1 heterocycles. The number of nitrogens with two attached hydrogens (primary N) is 1. The molecule has 2 N–H and O–H groups in total. The Labute approximate surface area is 100 Å². The molecule has 0 aliphatic carbocycles. The highest BCUT2D eigenvalue weighted by atomic mass is 35.5. The summed E-state index contributed by atoms with van der Waals surface area (Å²) in [4.78, 5) is 13.9. The number of likely N-dealkylation sites (tertiary alicyclic amines) is 1. The van der Waals surface area contributed by atoms with E-state index in [0.29, 0.717) is 17.1 Å². The van der Waals surface area contributed by atoms with E-state index in [1.165, 1.54) is 0 Å². The van der Waals surface area contributed by atoms with Crippen molar-refractivity contribution in [1.82, 2.24) is 4.90 Å². The normalized spacial score (nSPS) is 20.9. The van der Waals surface area contributed by atoms with Crippen LogP contribution in [0.1, 0.15) is 23.2 Å². The lowest BCUT2D eigenvalue weighted by Crippen LogP contribution is -2.45. The molecular weight excluding hydrogens is 224 g/mol. The van der Waals surface area contributed by atoms with Crippen LogP contribution in [0.2, 0.25) is 5.02 Å². The van der Waals surface area contributed by atoms with Crippen molar-refractivity contribution >= 4 is 17.5 Å². The van der Waals surface area contributed by atoms with Gasteiger partial charge in [-0.15, -0.1) is 0 Å². The summed E-state index contributed by atoms with van der Waals surface area (Å²) in [5.41, 5.74) is 6.42. The first-order valence-electron chi connectivity index (χ1n) is 5.48. The number of carbonyl (C=O) groups excluding carboxylic acids is 1. The van der Waals surface area contributed by atoms with Crippen molar-refractivity contribution in [2.45, 2.75) is 18.9 Å². The van der Waals surface area contributed by atoms with Crippen molar-refractivity contribution in [3.63, 3.8) is 0 Å². The number of hydrogen-bond acceptors (Lipinski definition) is 2. The van der Waals surface area contributed by atoms with Crippen LogP contribution in [0.4, 0.5) is 0 Å². The Kier molecular flexibility index (Phi) is 3.46. The summed E-state index contributed by atoms with van der Waals surface area (Å²) in [5, 5.41) is 0.506. The SMILES string of the molecule is N[C@@H]1CCCN(C(=O)c2ccccc2Cl)C1. The molecule has 0 aromatic heterocycles. The molecule has 4 heteroatoms. The first kappa shape index (κ1) is 11.4. The summed E-state index contributed by atoms with van der Waals surface area (Å²) in [5.74, 6) is -0.0132. The topological polar surface area (TPSA) is 46.3 Å². The Morgan fingerprint density at radius 1 is 1.44 bits per heavy atom. The first-order chi connectivity index (χ1) is 7.68.